The van der Waals surface area contributed by atoms with Crippen LogP contribution in [0.5, 0.6) is 5.75 Å². The van der Waals surface area contributed by atoms with E-state index in [4.69, 9.17) is 0 Å². The molecule has 0 spiro atoms. The van der Waals surface area contributed by atoms with Crippen LogP contribution in [0.1, 0.15) is 34.8 Å². The van der Waals surface area contributed by atoms with Crippen LogP contribution in [-0.2, 0) is 6.42 Å². The van der Waals surface area contributed by atoms with Gasteiger partial charge in [-0.1, -0.05) is 42.0 Å². The molecule has 0 aromatic heterocycles. The lowest BCUT2D eigenvalue weighted by atomic mass is 10.1. The van der Waals surface area contributed by atoms with Crippen molar-refractivity contribution < 1.29 is 9.90 Å². The normalized spacial score (nSPS) is 10.5. The highest BCUT2D eigenvalue weighted by Crippen LogP contribution is 2.18. The minimum absolute atomic E-state index is 0.0460. The van der Waals surface area contributed by atoms with Crippen molar-refractivity contribution in [2.24, 2.45) is 0 Å². The summed E-state index contributed by atoms with van der Waals surface area (Å²) in [5.74, 6) is -0.0607. The lowest BCUT2D eigenvalue weighted by Crippen LogP contribution is -2.32. The van der Waals surface area contributed by atoms with Gasteiger partial charge in [-0.05, 0) is 44.4 Å². The van der Waals surface area contributed by atoms with E-state index in [1.165, 1.54) is 11.1 Å². The maximum atomic E-state index is 12.5. The smallest absolute Gasteiger partial charge is 0.257 e. The zero-order chi connectivity index (χ0) is 15.9. The fourth-order valence-corrected chi connectivity index (χ4v) is 2.57. The molecule has 2 aromatic carbocycles. The summed E-state index contributed by atoms with van der Waals surface area (Å²) in [6.45, 7) is 5.38. The fraction of sp³-hybridized carbons (Fsp3) is 0.316. The number of carbonyl (C=O) groups is 1. The van der Waals surface area contributed by atoms with Crippen LogP contribution >= 0.6 is 0 Å². The molecule has 0 unspecified atom stereocenters. The summed E-state index contributed by atoms with van der Waals surface area (Å²) in [6.07, 6.45) is 1.86. The Morgan fingerprint density at radius 1 is 1.14 bits per heavy atom. The van der Waals surface area contributed by atoms with Gasteiger partial charge in [0.2, 0.25) is 0 Å². The van der Waals surface area contributed by atoms with Crippen molar-refractivity contribution in [2.45, 2.75) is 26.7 Å². The van der Waals surface area contributed by atoms with Crippen LogP contribution in [-0.4, -0.2) is 29.0 Å². The van der Waals surface area contributed by atoms with Crippen molar-refractivity contribution in [3.63, 3.8) is 0 Å². The number of hydrogen-bond donors (Lipinski definition) is 1. The van der Waals surface area contributed by atoms with Crippen LogP contribution in [0.3, 0.4) is 0 Å². The van der Waals surface area contributed by atoms with E-state index in [1.807, 2.05) is 6.92 Å². The molecule has 1 N–H and O–H groups in total. The van der Waals surface area contributed by atoms with Crippen molar-refractivity contribution in [2.75, 3.05) is 13.1 Å². The Bertz CT molecular complexity index is 637. The fourth-order valence-electron chi connectivity index (χ4n) is 2.57. The highest BCUT2D eigenvalue weighted by atomic mass is 16.3. The van der Waals surface area contributed by atoms with Crippen molar-refractivity contribution in [1.29, 1.82) is 0 Å². The highest BCUT2D eigenvalue weighted by Gasteiger charge is 2.16. The molecule has 0 radical (unpaired) electrons. The number of nitrogens with zero attached hydrogens (tertiary/aromatic N) is 1. The molecule has 116 valence electrons. The average molecular weight is 297 g/mol. The van der Waals surface area contributed by atoms with Gasteiger partial charge in [-0.2, -0.15) is 0 Å². The van der Waals surface area contributed by atoms with Gasteiger partial charge in [-0.25, -0.2) is 0 Å². The lowest BCUT2D eigenvalue weighted by Gasteiger charge is -2.21. The highest BCUT2D eigenvalue weighted by molar-refractivity contribution is 5.96. The molecule has 0 fully saturated rings. The molecule has 0 aliphatic heterocycles. The number of aromatic hydroxyl groups is 1. The zero-order valence-electron chi connectivity index (χ0n) is 13.2. The quantitative estimate of drug-likeness (QED) is 0.881. The number of phenols is 1. The SMILES string of the molecule is CCN(CCCc1cccc(C)c1)C(=O)c1ccccc1O. The van der Waals surface area contributed by atoms with E-state index in [2.05, 4.69) is 31.2 Å². The van der Waals surface area contributed by atoms with Gasteiger partial charge in [-0.15, -0.1) is 0 Å². The Kier molecular flexibility index (Phi) is 5.59. The van der Waals surface area contributed by atoms with Gasteiger partial charge in [0.15, 0.2) is 0 Å². The predicted molar refractivity (Wildman–Crippen MR) is 89.2 cm³/mol. The molecular formula is C19H23NO2. The van der Waals surface area contributed by atoms with E-state index < -0.39 is 0 Å². The molecule has 0 bridgehead atoms. The maximum Gasteiger partial charge on any atom is 0.257 e. The van der Waals surface area contributed by atoms with Gasteiger partial charge < -0.3 is 10.0 Å². The first-order chi connectivity index (χ1) is 10.6. The summed E-state index contributed by atoms with van der Waals surface area (Å²) >= 11 is 0. The number of aryl methyl sites for hydroxylation is 2. The van der Waals surface area contributed by atoms with Crippen molar-refractivity contribution in [3.05, 3.63) is 65.2 Å². The first-order valence-corrected chi connectivity index (χ1v) is 7.74. The van der Waals surface area contributed by atoms with E-state index in [9.17, 15) is 9.90 Å². The van der Waals surface area contributed by atoms with E-state index in [0.717, 1.165) is 12.8 Å². The monoisotopic (exact) mass is 297 g/mol. The Morgan fingerprint density at radius 2 is 1.91 bits per heavy atom. The molecule has 0 atom stereocenters. The third kappa shape index (κ3) is 4.10. The van der Waals surface area contributed by atoms with E-state index in [-0.39, 0.29) is 11.7 Å². The van der Waals surface area contributed by atoms with E-state index in [0.29, 0.717) is 18.7 Å². The van der Waals surface area contributed by atoms with Crippen LogP contribution in [0, 0.1) is 6.92 Å². The van der Waals surface area contributed by atoms with Crippen LogP contribution in [0.15, 0.2) is 48.5 Å². The van der Waals surface area contributed by atoms with Gasteiger partial charge in [0.1, 0.15) is 5.75 Å². The van der Waals surface area contributed by atoms with E-state index >= 15 is 0 Å². The molecule has 0 saturated heterocycles. The zero-order valence-corrected chi connectivity index (χ0v) is 13.2. The summed E-state index contributed by atoms with van der Waals surface area (Å²) in [4.78, 5) is 14.2. The molecule has 2 aromatic rings. The predicted octanol–water partition coefficient (Wildman–Crippen LogP) is 3.80. The summed E-state index contributed by atoms with van der Waals surface area (Å²) in [7, 11) is 0. The summed E-state index contributed by atoms with van der Waals surface area (Å²) in [6, 6.07) is 15.2. The van der Waals surface area contributed by atoms with E-state index in [1.54, 1.807) is 29.2 Å². The Morgan fingerprint density at radius 3 is 2.59 bits per heavy atom. The van der Waals surface area contributed by atoms with Crippen LogP contribution in [0.2, 0.25) is 0 Å². The number of amides is 1. The summed E-state index contributed by atoms with van der Waals surface area (Å²) in [5, 5.41) is 9.81. The summed E-state index contributed by atoms with van der Waals surface area (Å²) in [5.41, 5.74) is 2.93. The molecule has 1 amide bonds. The first-order valence-electron chi connectivity index (χ1n) is 7.74. The van der Waals surface area contributed by atoms with Gasteiger partial charge in [-0.3, -0.25) is 4.79 Å². The second-order valence-corrected chi connectivity index (χ2v) is 5.49. The number of benzene rings is 2. The third-order valence-corrected chi connectivity index (χ3v) is 3.78. The number of carbonyl (C=O) groups excluding carboxylic acids is 1. The number of hydrogen-bond acceptors (Lipinski definition) is 2. The number of rotatable bonds is 6. The number of para-hydroxylation sites is 1. The van der Waals surface area contributed by atoms with Crippen LogP contribution in [0.4, 0.5) is 0 Å². The Labute approximate surface area is 132 Å². The second kappa shape index (κ2) is 7.64. The van der Waals surface area contributed by atoms with Crippen LogP contribution in [0.25, 0.3) is 0 Å². The molecule has 0 saturated carbocycles. The molecule has 0 heterocycles. The molecule has 22 heavy (non-hydrogen) atoms. The largest absolute Gasteiger partial charge is 0.507 e. The molecule has 3 heteroatoms. The lowest BCUT2D eigenvalue weighted by molar-refractivity contribution is 0.0759. The molecule has 0 aliphatic carbocycles. The molecule has 0 aliphatic rings. The van der Waals surface area contributed by atoms with Gasteiger partial charge in [0, 0.05) is 13.1 Å². The Balaban J connectivity index is 1.95. The minimum atomic E-state index is -0.107. The Hall–Kier alpha value is -2.29. The minimum Gasteiger partial charge on any atom is -0.507 e. The van der Waals surface area contributed by atoms with Crippen molar-refractivity contribution in [1.82, 2.24) is 4.90 Å². The molecule has 2 rings (SSSR count). The van der Waals surface area contributed by atoms with Crippen molar-refractivity contribution >= 4 is 5.91 Å². The average Bonchev–Trinajstić information content (AvgIpc) is 2.51. The standard InChI is InChI=1S/C19H23NO2/c1-3-20(19(22)17-11-4-5-12-18(17)21)13-7-10-16-9-6-8-15(2)14-16/h4-6,8-9,11-12,14,21H,3,7,10,13H2,1-2H3. The summed E-state index contributed by atoms with van der Waals surface area (Å²) < 4.78 is 0. The third-order valence-electron chi connectivity index (χ3n) is 3.78. The second-order valence-electron chi connectivity index (χ2n) is 5.49. The molecular weight excluding hydrogens is 274 g/mol. The first kappa shape index (κ1) is 16.1. The topological polar surface area (TPSA) is 40.5 Å². The maximum absolute atomic E-state index is 12.5. The van der Waals surface area contributed by atoms with Crippen molar-refractivity contribution in [3.8, 4) is 5.75 Å². The van der Waals surface area contributed by atoms with Gasteiger partial charge in [0.25, 0.3) is 5.91 Å². The van der Waals surface area contributed by atoms with Gasteiger partial charge in [0.05, 0.1) is 5.56 Å². The van der Waals surface area contributed by atoms with Crippen LogP contribution < -0.4 is 0 Å². The molecule has 3 nitrogen and oxygen atoms in total. The van der Waals surface area contributed by atoms with Gasteiger partial charge >= 0.3 is 0 Å². The number of phenolic OH excluding ortho intramolecular Hbond substituents is 1.